The molecule has 1 rings (SSSR count). The monoisotopic (exact) mass is 250 g/mol. The lowest BCUT2D eigenvalue weighted by atomic mass is 10.1. The van der Waals surface area contributed by atoms with Crippen molar-refractivity contribution in [3.8, 4) is 0 Å². The van der Waals surface area contributed by atoms with Crippen LogP contribution in [0.1, 0.15) is 11.6 Å². The number of halogens is 4. The van der Waals surface area contributed by atoms with Crippen LogP contribution in [0.15, 0.2) is 18.2 Å². The Morgan fingerprint density at radius 1 is 1.24 bits per heavy atom. The fourth-order valence-corrected chi connectivity index (χ4v) is 1.54. The van der Waals surface area contributed by atoms with Gasteiger partial charge in [0.05, 0.1) is 6.54 Å². The highest BCUT2D eigenvalue weighted by atomic mass is 19.3. The van der Waals surface area contributed by atoms with Crippen LogP contribution in [-0.4, -0.2) is 31.5 Å². The predicted octanol–water partition coefficient (Wildman–Crippen LogP) is 2.16. The SMILES string of the molecule is CN(CC(F)F)CC(N)c1cc(F)ccc1F. The minimum atomic E-state index is -2.48. The Kier molecular flexibility index (Phi) is 4.89. The summed E-state index contributed by atoms with van der Waals surface area (Å²) in [4.78, 5) is 1.28. The molecule has 0 bridgehead atoms. The molecular formula is C11H14F4N2. The Morgan fingerprint density at radius 3 is 2.47 bits per heavy atom. The summed E-state index contributed by atoms with van der Waals surface area (Å²) in [6.45, 7) is -0.421. The number of nitrogens with zero attached hydrogens (tertiary/aromatic N) is 1. The standard InChI is InChI=1S/C11H14F4N2/c1-17(6-11(14)15)5-10(16)8-4-7(12)2-3-9(8)13/h2-4,10-11H,5-6,16H2,1H3. The van der Waals surface area contributed by atoms with Crippen molar-refractivity contribution in [2.45, 2.75) is 12.5 Å². The van der Waals surface area contributed by atoms with Gasteiger partial charge >= 0.3 is 0 Å². The van der Waals surface area contributed by atoms with E-state index in [1.165, 1.54) is 11.9 Å². The molecule has 0 saturated heterocycles. The zero-order valence-electron chi connectivity index (χ0n) is 9.34. The molecule has 2 nitrogen and oxygen atoms in total. The van der Waals surface area contributed by atoms with Crippen molar-refractivity contribution < 1.29 is 17.6 Å². The summed E-state index contributed by atoms with van der Waals surface area (Å²) in [5.41, 5.74) is 5.64. The van der Waals surface area contributed by atoms with E-state index in [0.717, 1.165) is 18.2 Å². The number of benzene rings is 1. The predicted molar refractivity (Wildman–Crippen MR) is 56.8 cm³/mol. The summed E-state index contributed by atoms with van der Waals surface area (Å²) in [6.07, 6.45) is -2.48. The molecule has 0 aliphatic heterocycles. The van der Waals surface area contributed by atoms with Gasteiger partial charge < -0.3 is 5.73 Å². The van der Waals surface area contributed by atoms with Crippen LogP contribution in [0.2, 0.25) is 0 Å². The molecule has 0 fully saturated rings. The molecule has 0 aliphatic rings. The first-order chi connectivity index (χ1) is 7.90. The van der Waals surface area contributed by atoms with Gasteiger partial charge in [0, 0.05) is 18.2 Å². The Bertz CT molecular complexity index is 370. The number of hydrogen-bond acceptors (Lipinski definition) is 2. The van der Waals surface area contributed by atoms with Crippen molar-refractivity contribution in [3.05, 3.63) is 35.4 Å². The van der Waals surface area contributed by atoms with Gasteiger partial charge in [0.1, 0.15) is 11.6 Å². The van der Waals surface area contributed by atoms with Gasteiger partial charge in [-0.25, -0.2) is 17.6 Å². The van der Waals surface area contributed by atoms with Gasteiger partial charge in [0.15, 0.2) is 0 Å². The summed E-state index contributed by atoms with van der Waals surface area (Å²) in [6, 6.07) is 2.09. The van der Waals surface area contributed by atoms with Crippen molar-refractivity contribution in [1.29, 1.82) is 0 Å². The molecule has 1 unspecified atom stereocenters. The Morgan fingerprint density at radius 2 is 1.88 bits per heavy atom. The third-order valence-corrected chi connectivity index (χ3v) is 2.32. The average Bonchev–Trinajstić information content (AvgIpc) is 2.20. The van der Waals surface area contributed by atoms with Crippen LogP contribution in [0.5, 0.6) is 0 Å². The average molecular weight is 250 g/mol. The van der Waals surface area contributed by atoms with Crippen molar-refractivity contribution in [2.75, 3.05) is 20.1 Å². The summed E-state index contributed by atoms with van der Waals surface area (Å²) in [5.74, 6) is -1.24. The number of nitrogens with two attached hydrogens (primary N) is 1. The second-order valence-corrected chi connectivity index (χ2v) is 3.88. The summed E-state index contributed by atoms with van der Waals surface area (Å²) in [7, 11) is 1.45. The molecule has 96 valence electrons. The van der Waals surface area contributed by atoms with E-state index >= 15 is 0 Å². The minimum absolute atomic E-state index is 0.00823. The van der Waals surface area contributed by atoms with Crippen LogP contribution in [0.25, 0.3) is 0 Å². The third kappa shape index (κ3) is 4.32. The van der Waals surface area contributed by atoms with Crippen LogP contribution < -0.4 is 5.73 Å². The van der Waals surface area contributed by atoms with Crippen LogP contribution in [0, 0.1) is 11.6 Å². The summed E-state index contributed by atoms with van der Waals surface area (Å²) < 4.78 is 50.3. The molecule has 2 N–H and O–H groups in total. The molecule has 6 heteroatoms. The van der Waals surface area contributed by atoms with Gasteiger partial charge in [0.2, 0.25) is 0 Å². The smallest absolute Gasteiger partial charge is 0.251 e. The van der Waals surface area contributed by atoms with E-state index < -0.39 is 30.6 Å². The number of hydrogen-bond donors (Lipinski definition) is 1. The van der Waals surface area contributed by atoms with E-state index in [1.54, 1.807) is 0 Å². The van der Waals surface area contributed by atoms with Crippen LogP contribution in [0.3, 0.4) is 0 Å². The van der Waals surface area contributed by atoms with Crippen LogP contribution in [-0.2, 0) is 0 Å². The lowest BCUT2D eigenvalue weighted by Crippen LogP contribution is -2.32. The first-order valence-corrected chi connectivity index (χ1v) is 5.07. The molecule has 1 aromatic carbocycles. The first-order valence-electron chi connectivity index (χ1n) is 5.07. The van der Waals surface area contributed by atoms with Crippen molar-refractivity contribution in [1.82, 2.24) is 4.90 Å². The molecule has 17 heavy (non-hydrogen) atoms. The minimum Gasteiger partial charge on any atom is -0.323 e. The van der Waals surface area contributed by atoms with Gasteiger partial charge in [-0.15, -0.1) is 0 Å². The molecule has 1 aromatic rings. The van der Waals surface area contributed by atoms with Crippen molar-refractivity contribution in [2.24, 2.45) is 5.73 Å². The fourth-order valence-electron chi connectivity index (χ4n) is 1.54. The largest absolute Gasteiger partial charge is 0.323 e. The zero-order chi connectivity index (χ0) is 13.0. The molecule has 0 spiro atoms. The quantitative estimate of drug-likeness (QED) is 0.811. The highest BCUT2D eigenvalue weighted by Crippen LogP contribution is 2.17. The second kappa shape index (κ2) is 5.97. The van der Waals surface area contributed by atoms with Crippen LogP contribution >= 0.6 is 0 Å². The first kappa shape index (κ1) is 13.9. The van der Waals surface area contributed by atoms with Gasteiger partial charge in [-0.1, -0.05) is 0 Å². The van der Waals surface area contributed by atoms with Gasteiger partial charge in [-0.3, -0.25) is 4.90 Å². The van der Waals surface area contributed by atoms with Gasteiger partial charge in [-0.05, 0) is 25.2 Å². The Balaban J connectivity index is 2.69. The van der Waals surface area contributed by atoms with E-state index in [9.17, 15) is 17.6 Å². The fraction of sp³-hybridized carbons (Fsp3) is 0.455. The topological polar surface area (TPSA) is 29.3 Å². The molecule has 1 atom stereocenters. The molecule has 0 aliphatic carbocycles. The van der Waals surface area contributed by atoms with E-state index in [2.05, 4.69) is 0 Å². The summed E-state index contributed by atoms with van der Waals surface area (Å²) >= 11 is 0. The van der Waals surface area contributed by atoms with Crippen molar-refractivity contribution >= 4 is 0 Å². The molecule has 0 heterocycles. The molecule has 0 amide bonds. The lowest BCUT2D eigenvalue weighted by Gasteiger charge is -2.21. The maximum Gasteiger partial charge on any atom is 0.251 e. The summed E-state index contributed by atoms with van der Waals surface area (Å²) in [5, 5.41) is 0. The number of alkyl halides is 2. The molecular weight excluding hydrogens is 236 g/mol. The Labute approximate surface area is 97.0 Å². The van der Waals surface area contributed by atoms with Gasteiger partial charge in [-0.2, -0.15) is 0 Å². The van der Waals surface area contributed by atoms with Gasteiger partial charge in [0.25, 0.3) is 6.43 Å². The highest BCUT2D eigenvalue weighted by Gasteiger charge is 2.16. The maximum atomic E-state index is 13.3. The highest BCUT2D eigenvalue weighted by molar-refractivity contribution is 5.22. The van der Waals surface area contributed by atoms with Crippen molar-refractivity contribution in [3.63, 3.8) is 0 Å². The molecule has 0 aromatic heterocycles. The maximum absolute atomic E-state index is 13.3. The van der Waals surface area contributed by atoms with E-state index in [0.29, 0.717) is 0 Å². The van der Waals surface area contributed by atoms with E-state index in [-0.39, 0.29) is 12.1 Å². The van der Waals surface area contributed by atoms with E-state index in [1.807, 2.05) is 0 Å². The Hall–Kier alpha value is -1.14. The third-order valence-electron chi connectivity index (χ3n) is 2.32. The second-order valence-electron chi connectivity index (χ2n) is 3.88. The molecule has 0 saturated carbocycles. The van der Waals surface area contributed by atoms with E-state index in [4.69, 9.17) is 5.73 Å². The van der Waals surface area contributed by atoms with Crippen LogP contribution in [0.4, 0.5) is 17.6 Å². The molecule has 0 radical (unpaired) electrons. The zero-order valence-corrected chi connectivity index (χ0v) is 9.34. The normalized spacial score (nSPS) is 13.4. The number of likely N-dealkylation sites (N-methyl/N-ethyl adjacent to an activating group) is 1. The lowest BCUT2D eigenvalue weighted by molar-refractivity contribution is 0.0977. The number of rotatable bonds is 5.